The van der Waals surface area contributed by atoms with E-state index in [2.05, 4.69) is 5.32 Å². The molecule has 1 aliphatic heterocycles. The number of carbonyl (C=O) groups excluding carboxylic acids is 1. The molecule has 0 spiro atoms. The van der Waals surface area contributed by atoms with Crippen LogP contribution >= 0.6 is 0 Å². The Morgan fingerprint density at radius 2 is 1.20 bits per heavy atom. The molecular formula is C25H33NO4. The SMILES string of the molecule is CC(C)(C)Oc1ccc(C(O)(c2ccc(OC(C)(C)C)cc2)[C@@H]2CCC(=O)N2)cc1. The molecule has 0 aromatic heterocycles. The molecule has 0 bridgehead atoms. The summed E-state index contributed by atoms with van der Waals surface area (Å²) in [5.41, 5.74) is -0.548. The van der Waals surface area contributed by atoms with Gasteiger partial charge in [0.25, 0.3) is 0 Å². The van der Waals surface area contributed by atoms with Gasteiger partial charge >= 0.3 is 0 Å². The first-order valence-corrected chi connectivity index (χ1v) is 10.5. The monoisotopic (exact) mass is 411 g/mol. The smallest absolute Gasteiger partial charge is 0.220 e. The molecule has 1 heterocycles. The summed E-state index contributed by atoms with van der Waals surface area (Å²) in [5, 5.41) is 14.9. The van der Waals surface area contributed by atoms with Crippen molar-refractivity contribution >= 4 is 5.91 Å². The molecule has 0 saturated carbocycles. The van der Waals surface area contributed by atoms with Crippen LogP contribution < -0.4 is 14.8 Å². The lowest BCUT2D eigenvalue weighted by atomic mass is 9.79. The van der Waals surface area contributed by atoms with E-state index in [0.717, 1.165) is 11.5 Å². The quantitative estimate of drug-likeness (QED) is 0.757. The number of nitrogens with one attached hydrogen (secondary N) is 1. The first-order valence-electron chi connectivity index (χ1n) is 10.5. The minimum Gasteiger partial charge on any atom is -0.488 e. The second-order valence-corrected chi connectivity index (χ2v) is 9.90. The van der Waals surface area contributed by atoms with E-state index in [1.807, 2.05) is 90.1 Å². The number of benzene rings is 2. The van der Waals surface area contributed by atoms with Gasteiger partial charge in [-0.25, -0.2) is 0 Å². The average molecular weight is 412 g/mol. The summed E-state index contributed by atoms with van der Waals surface area (Å²) in [5.74, 6) is 1.43. The highest BCUT2D eigenvalue weighted by atomic mass is 16.5. The molecule has 2 N–H and O–H groups in total. The highest BCUT2D eigenvalue weighted by molar-refractivity contribution is 5.79. The van der Waals surface area contributed by atoms with Crippen molar-refractivity contribution in [2.75, 3.05) is 0 Å². The number of hydrogen-bond acceptors (Lipinski definition) is 4. The zero-order chi connectivity index (χ0) is 22.2. The van der Waals surface area contributed by atoms with Crippen LogP contribution in [-0.4, -0.2) is 28.3 Å². The molecule has 1 fully saturated rings. The minimum absolute atomic E-state index is 0.0428. The molecule has 5 nitrogen and oxygen atoms in total. The van der Waals surface area contributed by atoms with Crippen molar-refractivity contribution in [3.8, 4) is 11.5 Å². The van der Waals surface area contributed by atoms with Crippen LogP contribution in [0.25, 0.3) is 0 Å². The summed E-state index contributed by atoms with van der Waals surface area (Å²) in [6.07, 6.45) is 0.971. The van der Waals surface area contributed by atoms with Crippen LogP contribution in [0.4, 0.5) is 0 Å². The second-order valence-electron chi connectivity index (χ2n) is 9.90. The Balaban J connectivity index is 1.97. The molecule has 2 aromatic rings. The summed E-state index contributed by atoms with van der Waals surface area (Å²) < 4.78 is 11.8. The molecule has 1 saturated heterocycles. The Morgan fingerprint density at radius 3 is 1.50 bits per heavy atom. The highest BCUT2D eigenvalue weighted by Crippen LogP contribution is 2.38. The van der Waals surface area contributed by atoms with Crippen molar-refractivity contribution in [3.05, 3.63) is 59.7 Å². The van der Waals surface area contributed by atoms with E-state index in [-0.39, 0.29) is 17.1 Å². The number of carbonyl (C=O) groups is 1. The summed E-state index contributed by atoms with van der Waals surface area (Å²) in [6.45, 7) is 12.0. The van der Waals surface area contributed by atoms with Gasteiger partial charge in [0.15, 0.2) is 0 Å². The van der Waals surface area contributed by atoms with Crippen LogP contribution in [0.5, 0.6) is 11.5 Å². The van der Waals surface area contributed by atoms with E-state index >= 15 is 0 Å². The fraction of sp³-hybridized carbons (Fsp3) is 0.480. The summed E-state index contributed by atoms with van der Waals surface area (Å²) in [7, 11) is 0. The molecule has 2 aromatic carbocycles. The van der Waals surface area contributed by atoms with Gasteiger partial charge in [-0.05, 0) is 83.4 Å². The van der Waals surface area contributed by atoms with Crippen molar-refractivity contribution in [2.45, 2.75) is 77.2 Å². The van der Waals surface area contributed by atoms with E-state index in [1.54, 1.807) is 0 Å². The van der Waals surface area contributed by atoms with Crippen LogP contribution in [0, 0.1) is 0 Å². The zero-order valence-electron chi connectivity index (χ0n) is 18.8. The molecule has 3 rings (SSSR count). The topological polar surface area (TPSA) is 67.8 Å². The molecule has 162 valence electrons. The summed E-state index contributed by atoms with van der Waals surface area (Å²) in [4.78, 5) is 11.9. The third-order valence-electron chi connectivity index (χ3n) is 4.94. The maximum absolute atomic E-state index is 11.9. The Labute approximate surface area is 179 Å². The first-order chi connectivity index (χ1) is 13.9. The molecule has 0 unspecified atom stereocenters. The molecule has 0 aliphatic carbocycles. The predicted octanol–water partition coefficient (Wildman–Crippen LogP) is 4.56. The lowest BCUT2D eigenvalue weighted by Crippen LogP contribution is -2.47. The van der Waals surface area contributed by atoms with Crippen LogP contribution in [0.1, 0.15) is 65.5 Å². The molecular weight excluding hydrogens is 378 g/mol. The van der Waals surface area contributed by atoms with Gasteiger partial charge in [-0.15, -0.1) is 0 Å². The van der Waals surface area contributed by atoms with Gasteiger partial charge in [0, 0.05) is 6.42 Å². The van der Waals surface area contributed by atoms with Gasteiger partial charge in [0.1, 0.15) is 28.3 Å². The van der Waals surface area contributed by atoms with Gasteiger partial charge in [0.05, 0.1) is 6.04 Å². The van der Waals surface area contributed by atoms with E-state index in [1.165, 1.54) is 0 Å². The van der Waals surface area contributed by atoms with Crippen LogP contribution in [0.2, 0.25) is 0 Å². The molecule has 0 radical (unpaired) electrons. The van der Waals surface area contributed by atoms with Crippen molar-refractivity contribution in [2.24, 2.45) is 0 Å². The van der Waals surface area contributed by atoms with E-state index < -0.39 is 11.6 Å². The standard InChI is InChI=1S/C25H33NO4/c1-23(2,3)29-19-11-7-17(8-12-19)25(28,21-15-16-22(27)26-21)18-9-13-20(14-10-18)30-24(4,5)6/h7-14,21,28H,15-16H2,1-6H3,(H,26,27)/t21-/m0/s1. The first kappa shape index (κ1) is 22.2. The van der Waals surface area contributed by atoms with Crippen molar-refractivity contribution in [1.29, 1.82) is 0 Å². The normalized spacial score (nSPS) is 17.6. The van der Waals surface area contributed by atoms with Gasteiger partial charge in [0.2, 0.25) is 5.91 Å². The number of amides is 1. The van der Waals surface area contributed by atoms with Gasteiger partial charge < -0.3 is 19.9 Å². The maximum Gasteiger partial charge on any atom is 0.220 e. The number of hydrogen-bond donors (Lipinski definition) is 2. The van der Waals surface area contributed by atoms with Crippen molar-refractivity contribution < 1.29 is 19.4 Å². The Bertz CT molecular complexity index is 814. The lowest BCUT2D eigenvalue weighted by molar-refractivity contribution is -0.120. The fourth-order valence-electron chi connectivity index (χ4n) is 3.76. The number of rotatable bonds is 5. The second kappa shape index (κ2) is 7.95. The van der Waals surface area contributed by atoms with Crippen LogP contribution in [-0.2, 0) is 10.4 Å². The highest BCUT2D eigenvalue weighted by Gasteiger charge is 2.43. The van der Waals surface area contributed by atoms with Crippen LogP contribution in [0.3, 0.4) is 0 Å². The molecule has 5 heteroatoms. The zero-order valence-corrected chi connectivity index (χ0v) is 18.8. The Morgan fingerprint density at radius 1 is 0.800 bits per heavy atom. The van der Waals surface area contributed by atoms with Gasteiger partial charge in [-0.2, -0.15) is 0 Å². The number of aliphatic hydroxyl groups is 1. The molecule has 1 amide bonds. The Hall–Kier alpha value is -2.53. The van der Waals surface area contributed by atoms with Crippen molar-refractivity contribution in [3.63, 3.8) is 0 Å². The molecule has 1 atom stereocenters. The van der Waals surface area contributed by atoms with Crippen molar-refractivity contribution in [1.82, 2.24) is 5.32 Å². The summed E-state index contributed by atoms with van der Waals surface area (Å²) >= 11 is 0. The number of ether oxygens (including phenoxy) is 2. The molecule has 1 aliphatic rings. The van der Waals surface area contributed by atoms with Gasteiger partial charge in [-0.1, -0.05) is 24.3 Å². The fourth-order valence-corrected chi connectivity index (χ4v) is 3.76. The average Bonchev–Trinajstić information content (AvgIpc) is 3.06. The van der Waals surface area contributed by atoms with Gasteiger partial charge in [-0.3, -0.25) is 4.79 Å². The minimum atomic E-state index is -1.35. The van der Waals surface area contributed by atoms with Crippen LogP contribution in [0.15, 0.2) is 48.5 Å². The lowest BCUT2D eigenvalue weighted by Gasteiger charge is -2.35. The van der Waals surface area contributed by atoms with E-state index in [9.17, 15) is 9.90 Å². The third-order valence-corrected chi connectivity index (χ3v) is 4.94. The summed E-state index contributed by atoms with van der Waals surface area (Å²) in [6, 6.07) is 14.5. The third kappa shape index (κ3) is 5.14. The van der Waals surface area contributed by atoms with E-state index in [0.29, 0.717) is 24.0 Å². The van der Waals surface area contributed by atoms with E-state index in [4.69, 9.17) is 9.47 Å². The predicted molar refractivity (Wildman–Crippen MR) is 118 cm³/mol. The maximum atomic E-state index is 11.9. The Kier molecular flexibility index (Phi) is 5.87. The largest absolute Gasteiger partial charge is 0.488 e. The molecule has 30 heavy (non-hydrogen) atoms.